The number of aryl methyl sites for hydroxylation is 1. The van der Waals surface area contributed by atoms with Crippen molar-refractivity contribution in [1.82, 2.24) is 10.2 Å². The van der Waals surface area contributed by atoms with E-state index in [1.165, 1.54) is 6.07 Å². The molecule has 1 heterocycles. The summed E-state index contributed by atoms with van der Waals surface area (Å²) < 4.78 is 13.2. The van der Waals surface area contributed by atoms with E-state index >= 15 is 0 Å². The van der Waals surface area contributed by atoms with E-state index in [1.807, 2.05) is 7.05 Å². The van der Waals surface area contributed by atoms with Crippen LogP contribution in [0.1, 0.15) is 22.3 Å². The highest BCUT2D eigenvalue weighted by atomic mass is 19.1. The molecule has 98 valence electrons. The van der Waals surface area contributed by atoms with E-state index in [0.717, 1.165) is 19.6 Å². The van der Waals surface area contributed by atoms with Gasteiger partial charge in [-0.15, -0.1) is 0 Å². The number of carbonyl (C=O) groups is 1. The summed E-state index contributed by atoms with van der Waals surface area (Å²) in [4.78, 5) is 14.3. The van der Waals surface area contributed by atoms with Gasteiger partial charge in [-0.05, 0) is 37.7 Å². The van der Waals surface area contributed by atoms with Crippen molar-refractivity contribution in [2.45, 2.75) is 19.4 Å². The Morgan fingerprint density at radius 2 is 2.33 bits per heavy atom. The van der Waals surface area contributed by atoms with E-state index in [4.69, 9.17) is 0 Å². The summed E-state index contributed by atoms with van der Waals surface area (Å²) in [6.45, 7) is 4.44. The van der Waals surface area contributed by atoms with Crippen LogP contribution in [0.3, 0.4) is 0 Å². The van der Waals surface area contributed by atoms with Gasteiger partial charge in [0.25, 0.3) is 0 Å². The summed E-state index contributed by atoms with van der Waals surface area (Å²) in [6, 6.07) is 4.80. The second-order valence-corrected chi connectivity index (χ2v) is 4.93. The van der Waals surface area contributed by atoms with Crippen LogP contribution in [0.15, 0.2) is 18.2 Å². The third-order valence-electron chi connectivity index (χ3n) is 3.55. The molecule has 1 fully saturated rings. The zero-order valence-electron chi connectivity index (χ0n) is 10.9. The summed E-state index contributed by atoms with van der Waals surface area (Å²) in [5.41, 5.74) is 1.13. The zero-order valence-corrected chi connectivity index (χ0v) is 10.9. The molecule has 1 unspecified atom stereocenters. The first-order valence-corrected chi connectivity index (χ1v) is 6.28. The monoisotopic (exact) mass is 250 g/mol. The van der Waals surface area contributed by atoms with Crippen molar-refractivity contribution in [3.8, 4) is 0 Å². The Morgan fingerprint density at radius 3 is 3.00 bits per heavy atom. The molecular weight excluding hydrogens is 231 g/mol. The molecule has 0 amide bonds. The number of likely N-dealkylation sites (N-methyl/N-ethyl adjacent to an activating group) is 1. The molecule has 4 heteroatoms. The fourth-order valence-corrected chi connectivity index (χ4v) is 2.24. The van der Waals surface area contributed by atoms with E-state index in [-0.39, 0.29) is 17.6 Å². The second-order valence-electron chi connectivity index (χ2n) is 4.93. The molecule has 0 saturated carbocycles. The first kappa shape index (κ1) is 13.2. The highest BCUT2D eigenvalue weighted by molar-refractivity contribution is 5.96. The van der Waals surface area contributed by atoms with Gasteiger partial charge >= 0.3 is 0 Å². The van der Waals surface area contributed by atoms with Crippen LogP contribution in [0.2, 0.25) is 0 Å². The molecule has 2 rings (SSSR count). The van der Waals surface area contributed by atoms with Crippen LogP contribution in [0.4, 0.5) is 4.39 Å². The van der Waals surface area contributed by atoms with Crippen LogP contribution >= 0.6 is 0 Å². The molecule has 1 aromatic rings. The van der Waals surface area contributed by atoms with Crippen molar-refractivity contribution in [1.29, 1.82) is 0 Å². The Hall–Kier alpha value is -1.26. The SMILES string of the molecule is Cc1cc(C(=O)CC2CNCCN2C)ccc1F. The van der Waals surface area contributed by atoms with Crippen LogP contribution < -0.4 is 5.32 Å². The van der Waals surface area contributed by atoms with Crippen LogP contribution in [0.5, 0.6) is 0 Å². The van der Waals surface area contributed by atoms with Gasteiger partial charge in [0.2, 0.25) is 0 Å². The first-order chi connectivity index (χ1) is 8.58. The number of nitrogens with zero attached hydrogens (tertiary/aromatic N) is 1. The quantitative estimate of drug-likeness (QED) is 0.827. The zero-order chi connectivity index (χ0) is 13.1. The predicted molar refractivity (Wildman–Crippen MR) is 69.4 cm³/mol. The van der Waals surface area contributed by atoms with Crippen molar-refractivity contribution < 1.29 is 9.18 Å². The third kappa shape index (κ3) is 2.94. The molecule has 0 aliphatic carbocycles. The number of piperazine rings is 1. The van der Waals surface area contributed by atoms with Crippen molar-refractivity contribution >= 4 is 5.78 Å². The largest absolute Gasteiger partial charge is 0.314 e. The minimum absolute atomic E-state index is 0.0821. The average Bonchev–Trinajstić information content (AvgIpc) is 2.35. The van der Waals surface area contributed by atoms with Gasteiger partial charge in [-0.1, -0.05) is 0 Å². The summed E-state index contributed by atoms with van der Waals surface area (Å²) >= 11 is 0. The highest BCUT2D eigenvalue weighted by Crippen LogP contribution is 2.14. The van der Waals surface area contributed by atoms with Crippen molar-refractivity contribution in [3.05, 3.63) is 35.1 Å². The minimum Gasteiger partial charge on any atom is -0.314 e. The van der Waals surface area contributed by atoms with Gasteiger partial charge in [-0.25, -0.2) is 4.39 Å². The van der Waals surface area contributed by atoms with E-state index in [0.29, 0.717) is 17.5 Å². The molecular formula is C14H19FN2O. The van der Waals surface area contributed by atoms with Crippen LogP contribution in [-0.2, 0) is 0 Å². The molecule has 1 aliphatic rings. The maximum atomic E-state index is 13.2. The summed E-state index contributed by atoms with van der Waals surface area (Å²) in [7, 11) is 2.04. The number of nitrogens with one attached hydrogen (secondary N) is 1. The van der Waals surface area contributed by atoms with Crippen molar-refractivity contribution in [2.75, 3.05) is 26.7 Å². The molecule has 18 heavy (non-hydrogen) atoms. The summed E-state index contributed by atoms with van der Waals surface area (Å²) in [5.74, 6) is -0.179. The normalized spacial score (nSPS) is 20.9. The van der Waals surface area contributed by atoms with Crippen LogP contribution in [0, 0.1) is 12.7 Å². The smallest absolute Gasteiger partial charge is 0.164 e. The lowest BCUT2D eigenvalue weighted by Crippen LogP contribution is -2.49. The topological polar surface area (TPSA) is 32.3 Å². The van der Waals surface area contributed by atoms with Gasteiger partial charge < -0.3 is 10.2 Å². The Balaban J connectivity index is 2.04. The van der Waals surface area contributed by atoms with Gasteiger partial charge in [-0.2, -0.15) is 0 Å². The number of hydrogen-bond acceptors (Lipinski definition) is 3. The third-order valence-corrected chi connectivity index (χ3v) is 3.55. The molecule has 3 nitrogen and oxygen atoms in total. The predicted octanol–water partition coefficient (Wildman–Crippen LogP) is 1.61. The molecule has 1 aliphatic heterocycles. The van der Waals surface area contributed by atoms with E-state index in [1.54, 1.807) is 19.1 Å². The number of benzene rings is 1. The molecule has 1 saturated heterocycles. The molecule has 1 aromatic carbocycles. The van der Waals surface area contributed by atoms with E-state index in [2.05, 4.69) is 10.2 Å². The van der Waals surface area contributed by atoms with Gasteiger partial charge in [0, 0.05) is 37.7 Å². The summed E-state index contributed by atoms with van der Waals surface area (Å²) in [6.07, 6.45) is 0.481. The number of halogens is 1. The van der Waals surface area contributed by atoms with Gasteiger partial charge in [0.15, 0.2) is 5.78 Å². The highest BCUT2D eigenvalue weighted by Gasteiger charge is 2.22. The number of carbonyl (C=O) groups excluding carboxylic acids is 1. The molecule has 0 aromatic heterocycles. The lowest BCUT2D eigenvalue weighted by Gasteiger charge is -2.32. The second kappa shape index (κ2) is 5.59. The molecule has 0 spiro atoms. The number of ketones is 1. The maximum Gasteiger partial charge on any atom is 0.164 e. The fourth-order valence-electron chi connectivity index (χ4n) is 2.24. The van der Waals surface area contributed by atoms with E-state index in [9.17, 15) is 9.18 Å². The van der Waals surface area contributed by atoms with Gasteiger partial charge in [0.05, 0.1) is 0 Å². The Kier molecular flexibility index (Phi) is 4.09. The molecule has 1 N–H and O–H groups in total. The van der Waals surface area contributed by atoms with Crippen LogP contribution in [0.25, 0.3) is 0 Å². The summed E-state index contributed by atoms with van der Waals surface area (Å²) in [5, 5.41) is 3.29. The minimum atomic E-state index is -0.261. The molecule has 0 bridgehead atoms. The van der Waals surface area contributed by atoms with Crippen molar-refractivity contribution in [3.63, 3.8) is 0 Å². The number of rotatable bonds is 3. The average molecular weight is 250 g/mol. The maximum absolute atomic E-state index is 13.2. The lowest BCUT2D eigenvalue weighted by atomic mass is 10.00. The Bertz CT molecular complexity index is 447. The number of hydrogen-bond donors (Lipinski definition) is 1. The fraction of sp³-hybridized carbons (Fsp3) is 0.500. The Morgan fingerprint density at radius 1 is 1.56 bits per heavy atom. The lowest BCUT2D eigenvalue weighted by molar-refractivity contribution is 0.0917. The van der Waals surface area contributed by atoms with Gasteiger partial charge in [0.1, 0.15) is 5.82 Å². The van der Waals surface area contributed by atoms with Crippen LogP contribution in [-0.4, -0.2) is 43.4 Å². The molecule has 1 atom stereocenters. The standard InChI is InChI=1S/C14H19FN2O/c1-10-7-11(3-4-13(10)15)14(18)8-12-9-16-5-6-17(12)2/h3-4,7,12,16H,5-6,8-9H2,1-2H3. The first-order valence-electron chi connectivity index (χ1n) is 6.28. The van der Waals surface area contributed by atoms with E-state index < -0.39 is 0 Å². The number of Topliss-reactive ketones (excluding diaryl/α,β-unsaturated/α-hetero) is 1. The van der Waals surface area contributed by atoms with Crippen molar-refractivity contribution in [2.24, 2.45) is 0 Å². The Labute approximate surface area is 107 Å². The molecule has 0 radical (unpaired) electrons. The van der Waals surface area contributed by atoms with Gasteiger partial charge in [-0.3, -0.25) is 4.79 Å².